The van der Waals surface area contributed by atoms with Gasteiger partial charge >= 0.3 is 6.03 Å². The molecular formula is C12H19N3O. The van der Waals surface area contributed by atoms with Crippen molar-refractivity contribution in [3.8, 4) is 0 Å². The molecule has 88 valence electrons. The van der Waals surface area contributed by atoms with Gasteiger partial charge < -0.3 is 10.6 Å². The molecule has 0 heterocycles. The van der Waals surface area contributed by atoms with Gasteiger partial charge in [0.2, 0.25) is 0 Å². The number of hydrogen-bond acceptors (Lipinski definition) is 2. The molecule has 0 saturated carbocycles. The minimum absolute atomic E-state index is 0.0209. The van der Waals surface area contributed by atoms with E-state index in [9.17, 15) is 4.79 Å². The van der Waals surface area contributed by atoms with Crippen molar-refractivity contribution in [1.29, 1.82) is 0 Å². The number of nitrogens with two attached hydrogens (primary N) is 1. The fourth-order valence-corrected chi connectivity index (χ4v) is 1.49. The Kier molecular flexibility index (Phi) is 4.17. The molecule has 0 unspecified atom stereocenters. The number of amides is 2. The van der Waals surface area contributed by atoms with Gasteiger partial charge in [0.1, 0.15) is 0 Å². The highest BCUT2D eigenvalue weighted by molar-refractivity contribution is 5.92. The number of nitrogen functional groups attached to an aromatic ring is 1. The lowest BCUT2D eigenvalue weighted by Crippen LogP contribution is -2.39. The summed E-state index contributed by atoms with van der Waals surface area (Å²) in [7, 11) is 3.49. The predicted octanol–water partition coefficient (Wildman–Crippen LogP) is 2.17. The van der Waals surface area contributed by atoms with E-state index in [0.717, 1.165) is 12.1 Å². The van der Waals surface area contributed by atoms with Crippen LogP contribution in [0.2, 0.25) is 0 Å². The van der Waals surface area contributed by atoms with Crippen LogP contribution in [-0.4, -0.2) is 31.6 Å². The van der Waals surface area contributed by atoms with Crippen molar-refractivity contribution < 1.29 is 4.79 Å². The van der Waals surface area contributed by atoms with Crippen LogP contribution in [0, 0.1) is 0 Å². The maximum Gasteiger partial charge on any atom is 0.323 e. The Hall–Kier alpha value is -1.71. The zero-order valence-corrected chi connectivity index (χ0v) is 10.1. The largest absolute Gasteiger partial charge is 0.399 e. The lowest BCUT2D eigenvalue weighted by molar-refractivity contribution is 0.224. The quantitative estimate of drug-likeness (QED) is 0.795. The molecule has 1 rings (SSSR count). The Morgan fingerprint density at radius 3 is 2.56 bits per heavy atom. The highest BCUT2D eigenvalue weighted by atomic mass is 16.2. The Morgan fingerprint density at radius 2 is 2.06 bits per heavy atom. The van der Waals surface area contributed by atoms with Gasteiger partial charge in [-0.3, -0.25) is 4.90 Å². The van der Waals surface area contributed by atoms with Gasteiger partial charge in [-0.15, -0.1) is 0 Å². The van der Waals surface area contributed by atoms with Crippen molar-refractivity contribution in [3.05, 3.63) is 24.3 Å². The molecule has 0 bridgehead atoms. The molecular weight excluding hydrogens is 202 g/mol. The summed E-state index contributed by atoms with van der Waals surface area (Å²) in [5.41, 5.74) is 7.24. The first-order valence-corrected chi connectivity index (χ1v) is 5.40. The number of carbonyl (C=O) groups excluding carboxylic acids is 1. The molecule has 0 aliphatic rings. The Balaban J connectivity index is 2.97. The van der Waals surface area contributed by atoms with Gasteiger partial charge in [0.25, 0.3) is 0 Å². The van der Waals surface area contributed by atoms with Crippen molar-refractivity contribution in [3.63, 3.8) is 0 Å². The van der Waals surface area contributed by atoms with E-state index in [0.29, 0.717) is 12.2 Å². The highest BCUT2D eigenvalue weighted by Gasteiger charge is 2.16. The third-order valence-electron chi connectivity index (χ3n) is 2.24. The van der Waals surface area contributed by atoms with Crippen molar-refractivity contribution in [2.24, 2.45) is 0 Å². The highest BCUT2D eigenvalue weighted by Crippen LogP contribution is 2.18. The average Bonchev–Trinajstić information content (AvgIpc) is 2.24. The van der Waals surface area contributed by atoms with Crippen LogP contribution in [0.1, 0.15) is 13.3 Å². The fraction of sp³-hybridized carbons (Fsp3) is 0.417. The minimum atomic E-state index is -0.0209. The molecule has 0 fully saturated rings. The second-order valence-electron chi connectivity index (χ2n) is 3.92. The minimum Gasteiger partial charge on any atom is -0.399 e. The van der Waals surface area contributed by atoms with Crippen LogP contribution < -0.4 is 10.6 Å². The first-order chi connectivity index (χ1) is 7.56. The summed E-state index contributed by atoms with van der Waals surface area (Å²) >= 11 is 0. The van der Waals surface area contributed by atoms with Crippen LogP contribution in [0.15, 0.2) is 24.3 Å². The number of rotatable bonds is 3. The van der Waals surface area contributed by atoms with Crippen LogP contribution in [0.5, 0.6) is 0 Å². The van der Waals surface area contributed by atoms with E-state index in [2.05, 4.69) is 0 Å². The van der Waals surface area contributed by atoms with Crippen molar-refractivity contribution >= 4 is 17.4 Å². The van der Waals surface area contributed by atoms with E-state index >= 15 is 0 Å². The van der Waals surface area contributed by atoms with Crippen molar-refractivity contribution in [1.82, 2.24) is 4.90 Å². The fourth-order valence-electron chi connectivity index (χ4n) is 1.49. The molecule has 0 spiro atoms. The maximum absolute atomic E-state index is 12.0. The van der Waals surface area contributed by atoms with E-state index < -0.39 is 0 Å². The van der Waals surface area contributed by atoms with Crippen LogP contribution in [0.25, 0.3) is 0 Å². The molecule has 0 aliphatic carbocycles. The summed E-state index contributed by atoms with van der Waals surface area (Å²) in [6.07, 6.45) is 0.911. The average molecular weight is 221 g/mol. The van der Waals surface area contributed by atoms with Crippen LogP contribution in [0.3, 0.4) is 0 Å². The molecule has 2 N–H and O–H groups in total. The number of nitrogens with zero attached hydrogens (tertiary/aromatic N) is 2. The first-order valence-electron chi connectivity index (χ1n) is 5.40. The summed E-state index contributed by atoms with van der Waals surface area (Å²) in [4.78, 5) is 15.3. The van der Waals surface area contributed by atoms with Gasteiger partial charge in [-0.1, -0.05) is 13.0 Å². The van der Waals surface area contributed by atoms with Crippen LogP contribution >= 0.6 is 0 Å². The molecule has 0 saturated heterocycles. The van der Waals surface area contributed by atoms with E-state index in [1.165, 1.54) is 0 Å². The number of carbonyl (C=O) groups is 1. The summed E-state index contributed by atoms with van der Waals surface area (Å²) in [5.74, 6) is 0. The standard InChI is InChI=1S/C12H19N3O/c1-4-8-15(12(16)14(2)3)11-7-5-6-10(13)9-11/h5-7,9H,4,8,13H2,1-3H3. The Bertz CT molecular complexity index is 363. The molecule has 1 aromatic rings. The molecule has 0 aromatic heterocycles. The van der Waals surface area contributed by atoms with Crippen molar-refractivity contribution in [2.75, 3.05) is 31.3 Å². The second-order valence-corrected chi connectivity index (χ2v) is 3.92. The van der Waals surface area contributed by atoms with Crippen molar-refractivity contribution in [2.45, 2.75) is 13.3 Å². The zero-order chi connectivity index (χ0) is 12.1. The number of urea groups is 1. The monoisotopic (exact) mass is 221 g/mol. The first kappa shape index (κ1) is 12.4. The lowest BCUT2D eigenvalue weighted by atomic mass is 10.2. The van der Waals surface area contributed by atoms with E-state index in [1.807, 2.05) is 31.2 Å². The smallest absolute Gasteiger partial charge is 0.323 e. The Labute approximate surface area is 96.6 Å². The third kappa shape index (κ3) is 2.89. The van der Waals surface area contributed by atoms with Gasteiger partial charge in [-0.2, -0.15) is 0 Å². The van der Waals surface area contributed by atoms with E-state index in [-0.39, 0.29) is 6.03 Å². The lowest BCUT2D eigenvalue weighted by Gasteiger charge is -2.26. The predicted molar refractivity (Wildman–Crippen MR) is 67.6 cm³/mol. The number of hydrogen-bond donors (Lipinski definition) is 1. The summed E-state index contributed by atoms with van der Waals surface area (Å²) in [6.45, 7) is 2.74. The number of benzene rings is 1. The molecule has 4 heteroatoms. The van der Waals surface area contributed by atoms with Gasteiger partial charge in [0.05, 0.1) is 0 Å². The molecule has 0 aliphatic heterocycles. The second kappa shape index (κ2) is 5.39. The normalized spacial score (nSPS) is 9.94. The van der Waals surface area contributed by atoms with E-state index in [1.54, 1.807) is 23.9 Å². The molecule has 2 amide bonds. The molecule has 1 aromatic carbocycles. The summed E-state index contributed by atoms with van der Waals surface area (Å²) < 4.78 is 0. The van der Waals surface area contributed by atoms with Crippen LogP contribution in [0.4, 0.5) is 16.2 Å². The zero-order valence-electron chi connectivity index (χ0n) is 10.1. The summed E-state index contributed by atoms with van der Waals surface area (Å²) in [5, 5.41) is 0. The third-order valence-corrected chi connectivity index (χ3v) is 2.24. The number of anilines is 2. The topological polar surface area (TPSA) is 49.6 Å². The van der Waals surface area contributed by atoms with Gasteiger partial charge in [0.15, 0.2) is 0 Å². The molecule has 16 heavy (non-hydrogen) atoms. The van der Waals surface area contributed by atoms with E-state index in [4.69, 9.17) is 5.73 Å². The molecule has 4 nitrogen and oxygen atoms in total. The molecule has 0 atom stereocenters. The maximum atomic E-state index is 12.0. The summed E-state index contributed by atoms with van der Waals surface area (Å²) in [6, 6.07) is 7.36. The van der Waals surface area contributed by atoms with Gasteiger partial charge in [-0.05, 0) is 24.6 Å². The van der Waals surface area contributed by atoms with Crippen LogP contribution in [-0.2, 0) is 0 Å². The SMILES string of the molecule is CCCN(C(=O)N(C)C)c1cccc(N)c1. The Morgan fingerprint density at radius 1 is 1.38 bits per heavy atom. The van der Waals surface area contributed by atoms with Gasteiger partial charge in [-0.25, -0.2) is 4.79 Å². The van der Waals surface area contributed by atoms with Gasteiger partial charge in [0, 0.05) is 32.0 Å². The molecule has 0 radical (unpaired) electrons.